The van der Waals surface area contributed by atoms with E-state index < -0.39 is 5.82 Å². The van der Waals surface area contributed by atoms with Gasteiger partial charge in [0.25, 0.3) is 0 Å². The average Bonchev–Trinajstić information content (AvgIpc) is 3.39. The van der Waals surface area contributed by atoms with Gasteiger partial charge in [-0.1, -0.05) is 23.2 Å². The summed E-state index contributed by atoms with van der Waals surface area (Å²) < 4.78 is 14.9. The lowest BCUT2D eigenvalue weighted by Crippen LogP contribution is -2.52. The number of halogens is 3. The third-order valence-corrected chi connectivity index (χ3v) is 6.60. The van der Waals surface area contributed by atoms with Crippen molar-refractivity contribution >= 4 is 39.8 Å². The number of fused-ring (bicyclic) bond motifs is 3. The van der Waals surface area contributed by atoms with Crippen molar-refractivity contribution in [1.82, 2.24) is 14.9 Å². The van der Waals surface area contributed by atoms with Crippen molar-refractivity contribution < 1.29 is 4.39 Å². The van der Waals surface area contributed by atoms with Crippen LogP contribution in [0.4, 0.5) is 10.2 Å². The van der Waals surface area contributed by atoms with Gasteiger partial charge in [0.15, 0.2) is 11.0 Å². The largest absolute Gasteiger partial charge is 0.353 e. The maximum absolute atomic E-state index is 14.9. The number of aromatic nitrogens is 2. The molecule has 2 bridgehead atoms. The number of anilines is 1. The van der Waals surface area contributed by atoms with Gasteiger partial charge in [0.1, 0.15) is 11.0 Å². The fraction of sp³-hybridized carbons (Fsp3) is 0.556. The van der Waals surface area contributed by atoms with Crippen LogP contribution in [0.5, 0.6) is 0 Å². The van der Waals surface area contributed by atoms with Crippen LogP contribution >= 0.6 is 23.2 Å². The molecule has 3 fully saturated rings. The molecule has 2 unspecified atom stereocenters. The van der Waals surface area contributed by atoms with Crippen LogP contribution in [0.25, 0.3) is 10.8 Å². The Morgan fingerprint density at radius 3 is 2.40 bits per heavy atom. The molecule has 5 rings (SSSR count). The van der Waals surface area contributed by atoms with Crippen molar-refractivity contribution in [3.63, 3.8) is 0 Å². The van der Waals surface area contributed by atoms with Crippen LogP contribution in [0.3, 0.4) is 0 Å². The summed E-state index contributed by atoms with van der Waals surface area (Å²) in [5.41, 5.74) is 0.805. The van der Waals surface area contributed by atoms with E-state index in [1.165, 1.54) is 12.8 Å². The fourth-order valence-corrected chi connectivity index (χ4v) is 4.96. The Bertz CT molecular complexity index is 856. The van der Waals surface area contributed by atoms with Crippen LogP contribution in [-0.4, -0.2) is 47.1 Å². The molecule has 2 saturated heterocycles. The Kier molecular flexibility index (Phi) is 3.63. The summed E-state index contributed by atoms with van der Waals surface area (Å²) in [6, 6.07) is 1.03. The maximum atomic E-state index is 14.9. The maximum Gasteiger partial charge on any atom is 0.168 e. The molecule has 0 radical (unpaired) electrons. The summed E-state index contributed by atoms with van der Waals surface area (Å²) in [6.45, 7) is 1.77. The molecule has 1 aliphatic carbocycles. The van der Waals surface area contributed by atoms with Gasteiger partial charge in [-0.2, -0.15) is 0 Å². The molecule has 1 saturated carbocycles. The van der Waals surface area contributed by atoms with Crippen LogP contribution in [-0.2, 0) is 0 Å². The van der Waals surface area contributed by atoms with E-state index in [4.69, 9.17) is 28.2 Å². The second-order valence-corrected chi connectivity index (χ2v) is 8.24. The normalized spacial score (nSPS) is 26.6. The summed E-state index contributed by atoms with van der Waals surface area (Å²) in [5.74, 6) is 0.564. The highest BCUT2D eigenvalue weighted by Crippen LogP contribution is 2.48. The van der Waals surface area contributed by atoms with Crippen molar-refractivity contribution in [2.24, 2.45) is 0 Å². The molecule has 2 aliphatic heterocycles. The highest BCUT2D eigenvalue weighted by atomic mass is 35.5. The molecule has 4 nitrogen and oxygen atoms in total. The molecule has 7 heteroatoms. The highest BCUT2D eigenvalue weighted by molar-refractivity contribution is 6.32. The van der Waals surface area contributed by atoms with Gasteiger partial charge < -0.3 is 4.90 Å². The lowest BCUT2D eigenvalue weighted by Gasteiger charge is -2.40. The Balaban J connectivity index is 1.69. The third-order valence-electron chi connectivity index (χ3n) is 6.05. The van der Waals surface area contributed by atoms with Crippen LogP contribution in [0.1, 0.15) is 37.2 Å². The molecule has 2 aromatic rings. The quantitative estimate of drug-likeness (QED) is 0.729. The lowest BCUT2D eigenvalue weighted by molar-refractivity contribution is 0.212. The van der Waals surface area contributed by atoms with Gasteiger partial charge in [-0.05, 0) is 38.6 Å². The predicted molar refractivity (Wildman–Crippen MR) is 98.3 cm³/mol. The Labute approximate surface area is 155 Å². The van der Waals surface area contributed by atoms with Gasteiger partial charge in [0.2, 0.25) is 0 Å². The van der Waals surface area contributed by atoms with Crippen LogP contribution in [0.15, 0.2) is 6.20 Å². The number of hydrogen-bond donors (Lipinski definition) is 0. The summed E-state index contributed by atoms with van der Waals surface area (Å²) in [7, 11) is 2.19. The van der Waals surface area contributed by atoms with Gasteiger partial charge in [-0.15, -0.1) is 0 Å². The van der Waals surface area contributed by atoms with E-state index in [1.807, 2.05) is 0 Å². The highest BCUT2D eigenvalue weighted by Gasteiger charge is 2.39. The molecule has 25 heavy (non-hydrogen) atoms. The molecule has 2 aromatic heterocycles. The van der Waals surface area contributed by atoms with Crippen molar-refractivity contribution in [2.45, 2.75) is 43.7 Å². The van der Waals surface area contributed by atoms with Crippen molar-refractivity contribution in [1.29, 1.82) is 0 Å². The van der Waals surface area contributed by atoms with Gasteiger partial charge in [0, 0.05) is 47.7 Å². The number of hydrogen-bond acceptors (Lipinski definition) is 4. The first-order valence-electron chi connectivity index (χ1n) is 8.84. The molecule has 0 spiro atoms. The Morgan fingerprint density at radius 1 is 1.08 bits per heavy atom. The minimum absolute atomic E-state index is 0.0962. The predicted octanol–water partition coefficient (Wildman–Crippen LogP) is 4.24. The first-order valence-corrected chi connectivity index (χ1v) is 9.60. The monoisotopic (exact) mass is 380 g/mol. The fourth-order valence-electron chi connectivity index (χ4n) is 4.49. The standard InChI is InChI=1S/C18H19Cl2FN4/c1-24-10-4-5-11(24)8-25(7-10)18-12-6-22-17(20)15(21)14(12)13(9-2-3-9)16(19)23-18/h6,9-11H,2-5,7-8H2,1H3. The van der Waals surface area contributed by atoms with E-state index in [0.29, 0.717) is 22.6 Å². The van der Waals surface area contributed by atoms with E-state index in [9.17, 15) is 4.39 Å². The van der Waals surface area contributed by atoms with Gasteiger partial charge >= 0.3 is 0 Å². The molecular weight excluding hydrogens is 362 g/mol. The van der Waals surface area contributed by atoms with Crippen molar-refractivity contribution in [3.8, 4) is 0 Å². The van der Waals surface area contributed by atoms with E-state index in [1.54, 1.807) is 6.20 Å². The molecule has 0 N–H and O–H groups in total. The first-order chi connectivity index (χ1) is 12.0. The second kappa shape index (κ2) is 5.66. The summed E-state index contributed by atoms with van der Waals surface area (Å²) in [4.78, 5) is 13.5. The number of pyridine rings is 2. The van der Waals surface area contributed by atoms with Crippen LogP contribution in [0, 0.1) is 5.82 Å². The Morgan fingerprint density at radius 2 is 1.76 bits per heavy atom. The van der Waals surface area contributed by atoms with E-state index in [0.717, 1.165) is 42.7 Å². The molecule has 2 atom stereocenters. The molecule has 132 valence electrons. The summed E-state index contributed by atoms with van der Waals surface area (Å²) >= 11 is 12.5. The SMILES string of the molecule is CN1C2CCC1CN(c1nc(Cl)c(C3CC3)c3c(F)c(Cl)ncc13)C2. The minimum atomic E-state index is -0.469. The molecule has 0 aromatic carbocycles. The minimum Gasteiger partial charge on any atom is -0.353 e. The first kappa shape index (κ1) is 16.0. The molecule has 0 amide bonds. The van der Waals surface area contributed by atoms with Crippen molar-refractivity contribution in [3.05, 3.63) is 27.9 Å². The third kappa shape index (κ3) is 2.43. The van der Waals surface area contributed by atoms with E-state index >= 15 is 0 Å². The van der Waals surface area contributed by atoms with E-state index in [-0.39, 0.29) is 11.1 Å². The average molecular weight is 381 g/mol. The van der Waals surface area contributed by atoms with Crippen molar-refractivity contribution in [2.75, 3.05) is 25.0 Å². The van der Waals surface area contributed by atoms with E-state index in [2.05, 4.69) is 21.8 Å². The topological polar surface area (TPSA) is 32.3 Å². The van der Waals surface area contributed by atoms with Crippen LogP contribution in [0.2, 0.25) is 10.3 Å². The smallest absolute Gasteiger partial charge is 0.168 e. The number of piperazine rings is 1. The lowest BCUT2D eigenvalue weighted by atomic mass is 10.0. The van der Waals surface area contributed by atoms with Gasteiger partial charge in [-0.25, -0.2) is 14.4 Å². The zero-order chi connectivity index (χ0) is 17.3. The second-order valence-electron chi connectivity index (χ2n) is 7.52. The summed E-state index contributed by atoms with van der Waals surface area (Å²) in [6.07, 6.45) is 6.09. The molecule has 3 aliphatic rings. The van der Waals surface area contributed by atoms with Gasteiger partial charge in [-0.3, -0.25) is 4.90 Å². The zero-order valence-electron chi connectivity index (χ0n) is 14.0. The number of likely N-dealkylation sites (N-methyl/N-ethyl adjacent to an activating group) is 1. The zero-order valence-corrected chi connectivity index (χ0v) is 15.5. The summed E-state index contributed by atoms with van der Waals surface area (Å²) in [5, 5.41) is 1.57. The van der Waals surface area contributed by atoms with Gasteiger partial charge in [0.05, 0.1) is 0 Å². The van der Waals surface area contributed by atoms with Crippen LogP contribution < -0.4 is 4.90 Å². The molecular formula is C18H19Cl2FN4. The number of rotatable bonds is 2. The number of nitrogens with zero attached hydrogens (tertiary/aromatic N) is 4. The Hall–Kier alpha value is -1.17. The molecule has 4 heterocycles.